The fraction of sp³-hybridized carbons (Fsp3) is 0.474. The summed E-state index contributed by atoms with van der Waals surface area (Å²) in [5, 5.41) is 9.82. The third kappa shape index (κ3) is 6.24. The molecule has 8 heteroatoms. The van der Waals surface area contributed by atoms with E-state index in [1.54, 1.807) is 11.3 Å². The molecule has 0 saturated heterocycles. The number of rotatable bonds is 6. The maximum Gasteiger partial charge on any atom is 0.191 e. The second kappa shape index (κ2) is 10.7. The minimum atomic E-state index is -0.0550. The summed E-state index contributed by atoms with van der Waals surface area (Å²) in [7, 11) is 0. The van der Waals surface area contributed by atoms with Gasteiger partial charge < -0.3 is 20.1 Å². The number of guanidine groups is 1. The van der Waals surface area contributed by atoms with Crippen molar-refractivity contribution >= 4 is 41.3 Å². The highest BCUT2D eigenvalue weighted by Crippen LogP contribution is 2.30. The molecule has 0 bridgehead atoms. The van der Waals surface area contributed by atoms with Gasteiger partial charge in [-0.2, -0.15) is 0 Å². The normalized spacial score (nSPS) is 16.0. The number of ether oxygens (including phenoxy) is 2. The van der Waals surface area contributed by atoms with E-state index >= 15 is 0 Å². The van der Waals surface area contributed by atoms with Crippen LogP contribution in [-0.4, -0.2) is 36.7 Å². The number of aromatic nitrogens is 1. The summed E-state index contributed by atoms with van der Waals surface area (Å²) in [6.07, 6.45) is -0.0550. The molecule has 1 aliphatic rings. The Hall–Kier alpha value is -1.55. The Balaban J connectivity index is 0.00000261. The molecular formula is C19H27IN4O2S. The topological polar surface area (TPSA) is 67.8 Å². The number of benzene rings is 1. The van der Waals surface area contributed by atoms with Gasteiger partial charge in [-0.3, -0.25) is 0 Å². The molecule has 1 unspecified atom stereocenters. The van der Waals surface area contributed by atoms with Crippen LogP contribution < -0.4 is 20.1 Å². The Morgan fingerprint density at radius 2 is 2.07 bits per heavy atom. The Kier molecular flexibility index (Phi) is 8.62. The van der Waals surface area contributed by atoms with Gasteiger partial charge in [-0.1, -0.05) is 26.0 Å². The van der Waals surface area contributed by atoms with Crippen LogP contribution >= 0.6 is 35.3 Å². The summed E-state index contributed by atoms with van der Waals surface area (Å²) in [5.74, 6) is 2.80. The second-order valence-corrected chi connectivity index (χ2v) is 7.30. The highest BCUT2D eigenvalue weighted by molar-refractivity contribution is 14.0. The van der Waals surface area contributed by atoms with Crippen molar-refractivity contribution in [2.24, 2.45) is 4.99 Å². The molecule has 3 rings (SSSR count). The summed E-state index contributed by atoms with van der Waals surface area (Å²) < 4.78 is 11.7. The van der Waals surface area contributed by atoms with Crippen LogP contribution in [0.25, 0.3) is 0 Å². The second-order valence-electron chi connectivity index (χ2n) is 6.41. The minimum absolute atomic E-state index is 0. The van der Waals surface area contributed by atoms with Crippen molar-refractivity contribution in [3.8, 4) is 11.5 Å². The number of hydrogen-bond acceptors (Lipinski definition) is 5. The van der Waals surface area contributed by atoms with Crippen molar-refractivity contribution in [2.45, 2.75) is 39.3 Å². The third-order valence-electron chi connectivity index (χ3n) is 3.87. The molecule has 2 aromatic rings. The molecule has 0 aliphatic carbocycles. The van der Waals surface area contributed by atoms with E-state index in [1.165, 1.54) is 0 Å². The van der Waals surface area contributed by atoms with Crippen LogP contribution in [0.4, 0.5) is 0 Å². The van der Waals surface area contributed by atoms with Crippen LogP contribution in [0.2, 0.25) is 0 Å². The van der Waals surface area contributed by atoms with Gasteiger partial charge in [0.2, 0.25) is 0 Å². The maximum atomic E-state index is 5.97. The van der Waals surface area contributed by atoms with Gasteiger partial charge in [0.15, 0.2) is 17.5 Å². The molecule has 1 aromatic heterocycles. The van der Waals surface area contributed by atoms with Crippen molar-refractivity contribution in [3.05, 3.63) is 40.3 Å². The summed E-state index contributed by atoms with van der Waals surface area (Å²) in [6, 6.07) is 7.74. The number of halogens is 1. The number of thiazole rings is 1. The Labute approximate surface area is 181 Å². The molecule has 0 fully saturated rings. The molecule has 27 heavy (non-hydrogen) atoms. The van der Waals surface area contributed by atoms with Gasteiger partial charge >= 0.3 is 0 Å². The SMILES string of the molecule is CCNC(=NCc1csc(C(C)C)n1)NCC1COc2ccccc2O1.I. The number of fused-ring (bicyclic) bond motifs is 1. The van der Waals surface area contributed by atoms with Gasteiger partial charge in [0, 0.05) is 17.8 Å². The average molecular weight is 502 g/mol. The quantitative estimate of drug-likeness (QED) is 0.358. The fourth-order valence-electron chi connectivity index (χ4n) is 2.54. The van der Waals surface area contributed by atoms with Crippen molar-refractivity contribution in [1.82, 2.24) is 15.6 Å². The summed E-state index contributed by atoms with van der Waals surface area (Å²) >= 11 is 1.69. The van der Waals surface area contributed by atoms with E-state index in [2.05, 4.69) is 39.8 Å². The Bertz CT molecular complexity index is 751. The largest absolute Gasteiger partial charge is 0.486 e. The molecule has 0 spiro atoms. The van der Waals surface area contributed by atoms with E-state index < -0.39 is 0 Å². The highest BCUT2D eigenvalue weighted by atomic mass is 127. The van der Waals surface area contributed by atoms with E-state index in [0.717, 1.165) is 34.7 Å². The van der Waals surface area contributed by atoms with E-state index in [-0.39, 0.29) is 30.1 Å². The van der Waals surface area contributed by atoms with Gasteiger partial charge in [-0.05, 0) is 19.1 Å². The van der Waals surface area contributed by atoms with Crippen molar-refractivity contribution < 1.29 is 9.47 Å². The zero-order chi connectivity index (χ0) is 18.4. The molecule has 1 aliphatic heterocycles. The molecule has 2 heterocycles. The van der Waals surface area contributed by atoms with Crippen LogP contribution in [0.15, 0.2) is 34.6 Å². The maximum absolute atomic E-state index is 5.97. The number of hydrogen-bond donors (Lipinski definition) is 2. The Morgan fingerprint density at radius 3 is 2.78 bits per heavy atom. The van der Waals surface area contributed by atoms with Crippen LogP contribution in [0, 0.1) is 0 Å². The third-order valence-corrected chi connectivity index (χ3v) is 5.07. The van der Waals surface area contributed by atoms with Crippen molar-refractivity contribution in [2.75, 3.05) is 19.7 Å². The lowest BCUT2D eigenvalue weighted by Crippen LogP contribution is -2.45. The monoisotopic (exact) mass is 502 g/mol. The van der Waals surface area contributed by atoms with Crippen LogP contribution in [-0.2, 0) is 6.54 Å². The van der Waals surface area contributed by atoms with Gasteiger partial charge in [0.25, 0.3) is 0 Å². The van der Waals surface area contributed by atoms with Crippen LogP contribution in [0.3, 0.4) is 0 Å². The van der Waals surface area contributed by atoms with Gasteiger partial charge in [0.1, 0.15) is 12.7 Å². The average Bonchev–Trinajstić information content (AvgIpc) is 3.13. The Morgan fingerprint density at radius 1 is 1.30 bits per heavy atom. The molecule has 2 N–H and O–H groups in total. The van der Waals surface area contributed by atoms with Crippen LogP contribution in [0.5, 0.6) is 11.5 Å². The summed E-state index contributed by atoms with van der Waals surface area (Å²) in [5.41, 5.74) is 1.00. The number of nitrogens with zero attached hydrogens (tertiary/aromatic N) is 2. The molecular weight excluding hydrogens is 475 g/mol. The van der Waals surface area contributed by atoms with E-state index in [1.807, 2.05) is 31.2 Å². The van der Waals surface area contributed by atoms with Crippen LogP contribution in [0.1, 0.15) is 37.4 Å². The molecule has 6 nitrogen and oxygen atoms in total. The van der Waals surface area contributed by atoms with Gasteiger partial charge in [0.05, 0.1) is 23.8 Å². The molecule has 0 saturated carbocycles. The number of para-hydroxylation sites is 2. The molecule has 0 radical (unpaired) electrons. The smallest absolute Gasteiger partial charge is 0.191 e. The minimum Gasteiger partial charge on any atom is -0.486 e. The van der Waals surface area contributed by atoms with Crippen molar-refractivity contribution in [3.63, 3.8) is 0 Å². The molecule has 1 aromatic carbocycles. The first-order valence-electron chi connectivity index (χ1n) is 9.00. The molecule has 0 amide bonds. The van der Waals surface area contributed by atoms with E-state index in [0.29, 0.717) is 25.6 Å². The first-order chi connectivity index (χ1) is 12.7. The van der Waals surface area contributed by atoms with Crippen molar-refractivity contribution in [1.29, 1.82) is 0 Å². The highest BCUT2D eigenvalue weighted by Gasteiger charge is 2.20. The lowest BCUT2D eigenvalue weighted by molar-refractivity contribution is 0.0936. The lowest BCUT2D eigenvalue weighted by atomic mass is 10.2. The first-order valence-corrected chi connectivity index (χ1v) is 9.88. The van der Waals surface area contributed by atoms with E-state index in [4.69, 9.17) is 9.47 Å². The fourth-order valence-corrected chi connectivity index (χ4v) is 3.36. The number of aliphatic imine (C=N–C) groups is 1. The molecule has 1 atom stereocenters. The predicted molar refractivity (Wildman–Crippen MR) is 121 cm³/mol. The number of nitrogens with one attached hydrogen (secondary N) is 2. The summed E-state index contributed by atoms with van der Waals surface area (Å²) in [4.78, 5) is 9.26. The predicted octanol–water partition coefficient (Wildman–Crippen LogP) is 3.78. The standard InChI is InChI=1S/C19H26N4O2S.HI/c1-4-20-19(21-9-14-12-26-18(23-14)13(2)3)22-10-15-11-24-16-7-5-6-8-17(16)25-15;/h5-8,12-13,15H,4,9-11H2,1-3H3,(H2,20,21,22);1H. The molecule has 148 valence electrons. The van der Waals surface area contributed by atoms with Gasteiger partial charge in [-0.25, -0.2) is 9.98 Å². The van der Waals surface area contributed by atoms with E-state index in [9.17, 15) is 0 Å². The zero-order valence-electron chi connectivity index (χ0n) is 15.9. The zero-order valence-corrected chi connectivity index (χ0v) is 19.0. The lowest BCUT2D eigenvalue weighted by Gasteiger charge is -2.27. The summed E-state index contributed by atoms with van der Waals surface area (Å²) in [6.45, 7) is 8.85. The first kappa shape index (κ1) is 21.7. The van der Waals surface area contributed by atoms with Gasteiger partial charge in [-0.15, -0.1) is 35.3 Å².